The highest BCUT2D eigenvalue weighted by molar-refractivity contribution is 6.22. The molecule has 0 saturated carbocycles. The van der Waals surface area contributed by atoms with Gasteiger partial charge in [0.1, 0.15) is 6.10 Å². The first-order chi connectivity index (χ1) is 5.50. The van der Waals surface area contributed by atoms with Crippen LogP contribution in [0, 0.1) is 0 Å². The van der Waals surface area contributed by atoms with E-state index in [9.17, 15) is 8.78 Å². The fraction of sp³-hybridized carbons (Fsp3) is 0.429. The normalized spacial score (nSPS) is 14.7. The number of furan rings is 1. The van der Waals surface area contributed by atoms with E-state index in [1.54, 1.807) is 0 Å². The van der Waals surface area contributed by atoms with Crippen molar-refractivity contribution in [3.63, 3.8) is 0 Å². The van der Waals surface area contributed by atoms with E-state index in [4.69, 9.17) is 5.11 Å². The molecule has 1 N–H and O–H groups in total. The zero-order valence-corrected chi connectivity index (χ0v) is 6.76. The van der Waals surface area contributed by atoms with E-state index in [2.05, 4.69) is 16.0 Å². The van der Waals surface area contributed by atoms with Gasteiger partial charge in [-0.05, 0) is 23.2 Å². The van der Waals surface area contributed by atoms with Crippen LogP contribution in [0.2, 0.25) is 0 Å². The largest absolute Gasteiger partial charge is 0.472 e. The number of hydrogen-bond acceptors (Lipinski definition) is 2. The molecule has 0 spiro atoms. The summed E-state index contributed by atoms with van der Waals surface area (Å²) in [6.45, 7) is 0. The van der Waals surface area contributed by atoms with Crippen LogP contribution in [0.1, 0.15) is 5.56 Å². The zero-order chi connectivity index (χ0) is 9.19. The average molecular weight is 197 g/mol. The molecule has 0 radical (unpaired) electrons. The highest BCUT2D eigenvalue weighted by Crippen LogP contribution is 2.25. The van der Waals surface area contributed by atoms with E-state index >= 15 is 0 Å². The highest BCUT2D eigenvalue weighted by Gasteiger charge is 2.35. The standard InChI is InChI=1S/C7H7ClF2O2/c8-7(9,10)6(11)3-5-1-2-12-4-5/h1-2,4,6,11H,3H2. The lowest BCUT2D eigenvalue weighted by molar-refractivity contribution is -0.0398. The Morgan fingerprint density at radius 1 is 1.67 bits per heavy atom. The minimum absolute atomic E-state index is 0.215. The Kier molecular flexibility index (Phi) is 2.69. The fourth-order valence-electron chi connectivity index (χ4n) is 0.748. The molecule has 1 rings (SSSR count). The first-order valence-electron chi connectivity index (χ1n) is 3.26. The van der Waals surface area contributed by atoms with E-state index in [0.717, 1.165) is 0 Å². The summed E-state index contributed by atoms with van der Waals surface area (Å²) in [7, 11) is 0. The molecule has 1 aromatic rings. The molecule has 0 saturated heterocycles. The second-order valence-electron chi connectivity index (χ2n) is 2.39. The second kappa shape index (κ2) is 3.41. The van der Waals surface area contributed by atoms with Gasteiger partial charge in [-0.15, -0.1) is 0 Å². The van der Waals surface area contributed by atoms with Gasteiger partial charge in [-0.3, -0.25) is 0 Å². The predicted octanol–water partition coefficient (Wildman–Crippen LogP) is 2.01. The van der Waals surface area contributed by atoms with Crippen molar-refractivity contribution in [3.05, 3.63) is 24.2 Å². The van der Waals surface area contributed by atoms with Crippen molar-refractivity contribution in [2.45, 2.75) is 17.9 Å². The summed E-state index contributed by atoms with van der Waals surface area (Å²) in [6, 6.07) is 1.49. The van der Waals surface area contributed by atoms with Crippen molar-refractivity contribution in [1.82, 2.24) is 0 Å². The van der Waals surface area contributed by atoms with Crippen LogP contribution in [-0.4, -0.2) is 16.6 Å². The third kappa shape index (κ3) is 2.46. The monoisotopic (exact) mass is 196 g/mol. The Bertz CT molecular complexity index is 230. The van der Waals surface area contributed by atoms with Crippen LogP contribution in [0.3, 0.4) is 0 Å². The third-order valence-corrected chi connectivity index (χ3v) is 1.64. The lowest BCUT2D eigenvalue weighted by atomic mass is 10.1. The molecular formula is C7H7ClF2O2. The Balaban J connectivity index is 2.53. The molecule has 2 nitrogen and oxygen atoms in total. The van der Waals surface area contributed by atoms with Gasteiger partial charge < -0.3 is 9.52 Å². The van der Waals surface area contributed by atoms with Crippen LogP contribution in [0.4, 0.5) is 8.78 Å². The number of aliphatic hydroxyl groups is 1. The second-order valence-corrected chi connectivity index (χ2v) is 2.90. The quantitative estimate of drug-likeness (QED) is 0.751. The van der Waals surface area contributed by atoms with Gasteiger partial charge in [0.2, 0.25) is 0 Å². The van der Waals surface area contributed by atoms with Gasteiger partial charge in [0.25, 0.3) is 0 Å². The van der Waals surface area contributed by atoms with Crippen LogP contribution in [0.25, 0.3) is 0 Å². The SMILES string of the molecule is OC(Cc1ccoc1)C(F)(F)Cl. The van der Waals surface area contributed by atoms with Crippen molar-refractivity contribution >= 4 is 11.6 Å². The zero-order valence-electron chi connectivity index (χ0n) is 6.01. The minimum atomic E-state index is -3.59. The molecule has 0 aliphatic carbocycles. The lowest BCUT2D eigenvalue weighted by Gasteiger charge is -2.14. The van der Waals surface area contributed by atoms with Gasteiger partial charge in [0, 0.05) is 6.42 Å². The molecule has 1 aromatic heterocycles. The van der Waals surface area contributed by atoms with E-state index < -0.39 is 11.5 Å². The maximum Gasteiger partial charge on any atom is 0.347 e. The number of hydrogen-bond donors (Lipinski definition) is 1. The summed E-state index contributed by atoms with van der Waals surface area (Å²) in [6.07, 6.45) is 0.532. The van der Waals surface area contributed by atoms with Crippen LogP contribution in [0.15, 0.2) is 23.0 Å². The maximum atomic E-state index is 12.2. The average Bonchev–Trinajstić information content (AvgIpc) is 2.37. The molecule has 0 amide bonds. The lowest BCUT2D eigenvalue weighted by Crippen LogP contribution is -2.29. The summed E-state index contributed by atoms with van der Waals surface area (Å²) in [4.78, 5) is 0. The maximum absolute atomic E-state index is 12.2. The van der Waals surface area contributed by atoms with E-state index in [0.29, 0.717) is 5.56 Å². The number of rotatable bonds is 3. The topological polar surface area (TPSA) is 33.4 Å². The molecule has 1 unspecified atom stereocenters. The Hall–Kier alpha value is -0.610. The van der Waals surface area contributed by atoms with Crippen molar-refractivity contribution in [2.24, 2.45) is 0 Å². The smallest absolute Gasteiger partial charge is 0.347 e. The molecular weight excluding hydrogens is 190 g/mol. The number of halogens is 3. The molecule has 0 aliphatic heterocycles. The van der Waals surface area contributed by atoms with E-state index in [-0.39, 0.29) is 6.42 Å². The Morgan fingerprint density at radius 2 is 2.33 bits per heavy atom. The van der Waals surface area contributed by atoms with Crippen LogP contribution < -0.4 is 0 Å². The van der Waals surface area contributed by atoms with Crippen LogP contribution >= 0.6 is 11.6 Å². The molecule has 12 heavy (non-hydrogen) atoms. The summed E-state index contributed by atoms with van der Waals surface area (Å²) in [5.74, 6) is 0. The Morgan fingerprint density at radius 3 is 2.75 bits per heavy atom. The highest BCUT2D eigenvalue weighted by atomic mass is 35.5. The molecule has 1 heterocycles. The van der Waals surface area contributed by atoms with Crippen molar-refractivity contribution in [1.29, 1.82) is 0 Å². The first-order valence-corrected chi connectivity index (χ1v) is 3.64. The van der Waals surface area contributed by atoms with Gasteiger partial charge in [-0.1, -0.05) is 0 Å². The molecule has 68 valence electrons. The van der Waals surface area contributed by atoms with Crippen molar-refractivity contribution in [3.8, 4) is 0 Å². The van der Waals surface area contributed by atoms with Crippen LogP contribution in [0.5, 0.6) is 0 Å². The first kappa shape index (κ1) is 9.48. The summed E-state index contributed by atoms with van der Waals surface area (Å²) >= 11 is 4.59. The van der Waals surface area contributed by atoms with Gasteiger partial charge in [0.05, 0.1) is 12.5 Å². The molecule has 0 fully saturated rings. The summed E-state index contributed by atoms with van der Waals surface area (Å²) in [5, 5.41) is 5.25. The molecule has 5 heteroatoms. The van der Waals surface area contributed by atoms with Crippen molar-refractivity contribution in [2.75, 3.05) is 0 Å². The van der Waals surface area contributed by atoms with E-state index in [1.165, 1.54) is 18.6 Å². The molecule has 0 bridgehead atoms. The number of alkyl halides is 3. The van der Waals surface area contributed by atoms with Gasteiger partial charge in [-0.2, -0.15) is 8.78 Å². The van der Waals surface area contributed by atoms with Gasteiger partial charge in [-0.25, -0.2) is 0 Å². The van der Waals surface area contributed by atoms with Gasteiger partial charge in [0.15, 0.2) is 0 Å². The fourth-order valence-corrected chi connectivity index (χ4v) is 0.825. The summed E-state index contributed by atoms with van der Waals surface area (Å²) in [5.41, 5.74) is 0.489. The van der Waals surface area contributed by atoms with Crippen molar-refractivity contribution < 1.29 is 18.3 Å². The number of aliphatic hydroxyl groups excluding tert-OH is 1. The third-order valence-electron chi connectivity index (χ3n) is 1.39. The van der Waals surface area contributed by atoms with Gasteiger partial charge >= 0.3 is 5.38 Å². The minimum Gasteiger partial charge on any atom is -0.472 e. The molecule has 1 atom stereocenters. The van der Waals surface area contributed by atoms with Crippen LogP contribution in [-0.2, 0) is 6.42 Å². The Labute approximate surface area is 72.7 Å². The van der Waals surface area contributed by atoms with E-state index in [1.807, 2.05) is 0 Å². The molecule has 0 aliphatic rings. The summed E-state index contributed by atoms with van der Waals surface area (Å²) < 4.78 is 29.0. The predicted molar refractivity (Wildman–Crippen MR) is 39.2 cm³/mol. The molecule has 0 aromatic carbocycles.